The minimum atomic E-state index is -0.666. The van der Waals surface area contributed by atoms with E-state index >= 15 is 0 Å². The molecule has 1 aromatic heterocycles. The number of aromatic nitrogens is 2. The Balaban J connectivity index is 1.66. The van der Waals surface area contributed by atoms with Crippen molar-refractivity contribution in [1.29, 1.82) is 0 Å². The summed E-state index contributed by atoms with van der Waals surface area (Å²) in [6.07, 6.45) is 13.6. The second-order valence-electron chi connectivity index (χ2n) is 11.4. The van der Waals surface area contributed by atoms with Crippen LogP contribution in [0, 0.1) is 0 Å². The first kappa shape index (κ1) is 30.6. The summed E-state index contributed by atoms with van der Waals surface area (Å²) in [5, 5.41) is 11.9. The monoisotopic (exact) mass is 531 g/mol. The largest absolute Gasteiger partial charge is 0.424 e. The zero-order valence-corrected chi connectivity index (χ0v) is 24.8. The molecule has 0 aliphatic carbocycles. The van der Waals surface area contributed by atoms with E-state index in [0.29, 0.717) is 11.8 Å². The summed E-state index contributed by atoms with van der Waals surface area (Å²) in [6, 6.07) is 16.0. The fourth-order valence-electron chi connectivity index (χ4n) is 5.19. The molecule has 0 radical (unpaired) electrons. The predicted octanol–water partition coefficient (Wildman–Crippen LogP) is 9.55. The van der Waals surface area contributed by atoms with E-state index in [1.54, 1.807) is 0 Å². The first-order valence-corrected chi connectivity index (χ1v) is 15.2. The van der Waals surface area contributed by atoms with E-state index in [2.05, 4.69) is 68.3 Å². The van der Waals surface area contributed by atoms with Crippen molar-refractivity contribution < 1.29 is 9.21 Å². The topological polar surface area (TPSA) is 68.0 Å². The minimum Gasteiger partial charge on any atom is -0.424 e. The van der Waals surface area contributed by atoms with E-state index in [4.69, 9.17) is 4.42 Å². The van der Waals surface area contributed by atoms with Gasteiger partial charge in [0.25, 0.3) is 0 Å². The molecular formula is C34H49N3O2. The maximum atomic E-state index is 13.9. The fourth-order valence-corrected chi connectivity index (χ4v) is 5.19. The normalized spacial score (nSPS) is 12.3. The third-order valence-electron chi connectivity index (χ3n) is 7.49. The number of benzene rings is 2. The molecule has 5 nitrogen and oxygen atoms in total. The van der Waals surface area contributed by atoms with Crippen molar-refractivity contribution in [2.45, 2.75) is 123 Å². The van der Waals surface area contributed by atoms with E-state index < -0.39 is 5.92 Å². The second-order valence-corrected chi connectivity index (χ2v) is 11.4. The molecule has 1 amide bonds. The molecule has 39 heavy (non-hydrogen) atoms. The SMILES string of the molecule is CCCCCCCCCCCCc1nnc([C@@H](C(=O)Nc2c(C(C)C)cccc2C(C)C)c2ccccc2)o1. The maximum absolute atomic E-state index is 13.9. The van der Waals surface area contributed by atoms with Crippen LogP contribution in [0.2, 0.25) is 0 Å². The molecule has 1 N–H and O–H groups in total. The summed E-state index contributed by atoms with van der Waals surface area (Å²) in [4.78, 5) is 13.9. The summed E-state index contributed by atoms with van der Waals surface area (Å²) in [6.45, 7) is 10.9. The molecule has 0 bridgehead atoms. The molecule has 3 aromatic rings. The fraction of sp³-hybridized carbons (Fsp3) is 0.559. The van der Waals surface area contributed by atoms with Gasteiger partial charge in [0.1, 0.15) is 5.92 Å². The van der Waals surface area contributed by atoms with Crippen LogP contribution in [0.5, 0.6) is 0 Å². The molecule has 0 fully saturated rings. The predicted molar refractivity (Wildman–Crippen MR) is 161 cm³/mol. The van der Waals surface area contributed by atoms with Crippen LogP contribution in [0.15, 0.2) is 52.9 Å². The van der Waals surface area contributed by atoms with Crippen LogP contribution in [0.3, 0.4) is 0 Å². The Hall–Kier alpha value is -2.95. The average molecular weight is 532 g/mol. The second kappa shape index (κ2) is 16.2. The quantitative estimate of drug-likeness (QED) is 0.176. The Kier molecular flexibility index (Phi) is 12.7. The summed E-state index contributed by atoms with van der Waals surface area (Å²) >= 11 is 0. The molecule has 0 spiro atoms. The molecule has 5 heteroatoms. The van der Waals surface area contributed by atoms with Crippen molar-refractivity contribution in [3.05, 3.63) is 77.0 Å². The summed E-state index contributed by atoms with van der Waals surface area (Å²) in [7, 11) is 0. The van der Waals surface area contributed by atoms with E-state index in [-0.39, 0.29) is 17.7 Å². The smallest absolute Gasteiger partial charge is 0.241 e. The van der Waals surface area contributed by atoms with Crippen LogP contribution in [0.4, 0.5) is 5.69 Å². The molecule has 1 atom stereocenters. The van der Waals surface area contributed by atoms with E-state index in [9.17, 15) is 4.79 Å². The van der Waals surface area contributed by atoms with Gasteiger partial charge in [0, 0.05) is 12.1 Å². The lowest BCUT2D eigenvalue weighted by Gasteiger charge is -2.22. The number of carbonyl (C=O) groups excluding carboxylic acids is 1. The first-order chi connectivity index (χ1) is 18.9. The van der Waals surface area contributed by atoms with Crippen molar-refractivity contribution in [3.63, 3.8) is 0 Å². The number of rotatable bonds is 17. The molecule has 0 saturated heterocycles. The van der Waals surface area contributed by atoms with Gasteiger partial charge < -0.3 is 9.73 Å². The zero-order chi connectivity index (χ0) is 28.0. The Morgan fingerprint density at radius 2 is 1.31 bits per heavy atom. The van der Waals surface area contributed by atoms with Crippen LogP contribution >= 0.6 is 0 Å². The van der Waals surface area contributed by atoms with Crippen LogP contribution in [0.1, 0.15) is 145 Å². The van der Waals surface area contributed by atoms with Gasteiger partial charge in [0.15, 0.2) is 0 Å². The molecule has 0 aliphatic heterocycles. The molecule has 0 unspecified atom stereocenters. The number of unbranched alkanes of at least 4 members (excludes halogenated alkanes) is 9. The van der Waals surface area contributed by atoms with E-state index in [1.165, 1.54) is 57.8 Å². The Bertz CT molecular complexity index is 1090. The van der Waals surface area contributed by atoms with Gasteiger partial charge in [0.05, 0.1) is 0 Å². The molecule has 0 aliphatic rings. The number of anilines is 1. The molecule has 1 heterocycles. The van der Waals surface area contributed by atoms with Gasteiger partial charge in [0.2, 0.25) is 17.7 Å². The number of aryl methyl sites for hydroxylation is 1. The Labute approximate surface area is 236 Å². The number of para-hydroxylation sites is 1. The standard InChI is InChI=1S/C34H49N3O2/c1-6-7-8-9-10-11-12-13-14-18-24-30-36-37-34(39-30)31(27-20-16-15-17-21-27)33(38)35-32-28(25(2)3)22-19-23-29(32)26(4)5/h15-17,19-23,25-26,31H,6-14,18,24H2,1-5H3,(H,35,38)/t31-/m1/s1. The highest BCUT2D eigenvalue weighted by Crippen LogP contribution is 2.34. The van der Waals surface area contributed by atoms with Gasteiger partial charge in [-0.05, 0) is 34.9 Å². The highest BCUT2D eigenvalue weighted by atomic mass is 16.4. The number of nitrogens with zero attached hydrogens (tertiary/aromatic N) is 2. The van der Waals surface area contributed by atoms with Crippen molar-refractivity contribution in [1.82, 2.24) is 10.2 Å². The molecule has 0 saturated carbocycles. The lowest BCUT2D eigenvalue weighted by atomic mass is 9.91. The molecule has 212 valence electrons. The lowest BCUT2D eigenvalue weighted by molar-refractivity contribution is -0.117. The highest BCUT2D eigenvalue weighted by Gasteiger charge is 2.30. The number of amides is 1. The van der Waals surface area contributed by atoms with Gasteiger partial charge in [-0.15, -0.1) is 10.2 Å². The van der Waals surface area contributed by atoms with E-state index in [1.807, 2.05) is 30.3 Å². The average Bonchev–Trinajstić information content (AvgIpc) is 3.38. The first-order valence-electron chi connectivity index (χ1n) is 15.2. The van der Waals surface area contributed by atoms with Gasteiger partial charge >= 0.3 is 0 Å². The van der Waals surface area contributed by atoms with Gasteiger partial charge in [-0.2, -0.15) is 0 Å². The summed E-state index contributed by atoms with van der Waals surface area (Å²) in [5.41, 5.74) is 4.01. The summed E-state index contributed by atoms with van der Waals surface area (Å²) in [5.74, 6) is 0.721. The molecular weight excluding hydrogens is 482 g/mol. The van der Waals surface area contributed by atoms with E-state index in [0.717, 1.165) is 35.2 Å². The number of hydrogen-bond acceptors (Lipinski definition) is 4. The van der Waals surface area contributed by atoms with Crippen LogP contribution in [0.25, 0.3) is 0 Å². The minimum absolute atomic E-state index is 0.148. The van der Waals surface area contributed by atoms with Crippen molar-refractivity contribution >= 4 is 11.6 Å². The lowest BCUT2D eigenvalue weighted by Crippen LogP contribution is -2.24. The highest BCUT2D eigenvalue weighted by molar-refractivity contribution is 5.98. The number of hydrogen-bond donors (Lipinski definition) is 1. The third kappa shape index (κ3) is 9.33. The van der Waals surface area contributed by atoms with Crippen LogP contribution in [-0.4, -0.2) is 16.1 Å². The molecule has 2 aromatic carbocycles. The van der Waals surface area contributed by atoms with Gasteiger partial charge in [-0.3, -0.25) is 4.79 Å². The van der Waals surface area contributed by atoms with Crippen molar-refractivity contribution in [2.24, 2.45) is 0 Å². The number of carbonyl (C=O) groups is 1. The third-order valence-corrected chi connectivity index (χ3v) is 7.49. The Morgan fingerprint density at radius 1 is 0.744 bits per heavy atom. The Morgan fingerprint density at radius 3 is 1.87 bits per heavy atom. The van der Waals surface area contributed by atoms with Crippen molar-refractivity contribution in [3.8, 4) is 0 Å². The summed E-state index contributed by atoms with van der Waals surface area (Å²) < 4.78 is 6.11. The zero-order valence-electron chi connectivity index (χ0n) is 24.8. The molecule has 3 rings (SSSR count). The number of nitrogens with one attached hydrogen (secondary N) is 1. The van der Waals surface area contributed by atoms with Gasteiger partial charge in [-0.25, -0.2) is 0 Å². The van der Waals surface area contributed by atoms with Gasteiger partial charge in [-0.1, -0.05) is 141 Å². The van der Waals surface area contributed by atoms with Crippen molar-refractivity contribution in [2.75, 3.05) is 5.32 Å². The van der Waals surface area contributed by atoms with Crippen LogP contribution in [-0.2, 0) is 11.2 Å². The van der Waals surface area contributed by atoms with Crippen LogP contribution < -0.4 is 5.32 Å². The maximum Gasteiger partial charge on any atom is 0.241 e.